The molecule has 0 amide bonds. The van der Waals surface area contributed by atoms with Crippen LogP contribution in [0.5, 0.6) is 0 Å². The summed E-state index contributed by atoms with van der Waals surface area (Å²) in [5.74, 6) is 0. The van der Waals surface area contributed by atoms with Gasteiger partial charge < -0.3 is 8.33 Å². The molecule has 4 radical (unpaired) electrons. The molecule has 0 saturated carbocycles. The molecular formula is H2AlCaFeMnO. The van der Waals surface area contributed by atoms with Crippen LogP contribution in [0.4, 0.5) is 0 Å². The van der Waals surface area contributed by atoms with Crippen LogP contribution in [-0.4, -0.2) is 55.1 Å². The van der Waals surface area contributed by atoms with Gasteiger partial charge in [0.05, 0.1) is 0 Å². The van der Waals surface area contributed by atoms with E-state index in [1.165, 1.54) is 0 Å². The smallest absolute Gasteiger partial charge is 2.00 e. The van der Waals surface area contributed by atoms with Crippen molar-refractivity contribution in [2.45, 2.75) is 0 Å². The van der Waals surface area contributed by atoms with Crippen LogP contribution in [0.15, 0.2) is 0 Å². The molecule has 0 spiro atoms. The maximum Gasteiger partial charge on any atom is 2.00 e. The average molecular weight is 196 g/mol. The Morgan fingerprint density at radius 2 is 1.20 bits per heavy atom. The van der Waals surface area contributed by atoms with Gasteiger partial charge in [0.25, 0.3) is 0 Å². The van der Waals surface area contributed by atoms with Crippen molar-refractivity contribution in [3.05, 3.63) is 0 Å². The summed E-state index contributed by atoms with van der Waals surface area (Å²) in [7, 11) is 0. The van der Waals surface area contributed by atoms with Gasteiger partial charge in [0.1, 0.15) is 0 Å². The Kier molecular flexibility index (Phi) is 270. The molecule has 5 heavy (non-hydrogen) atoms. The molecule has 0 rings (SSSR count). The molecule has 0 bridgehead atoms. The summed E-state index contributed by atoms with van der Waals surface area (Å²) >= 11 is 0. The van der Waals surface area contributed by atoms with Crippen molar-refractivity contribution in [3.63, 3.8) is 0 Å². The zero-order valence-corrected chi connectivity index (χ0v) is 8.07. The molecule has 0 aromatic heterocycles. The minimum atomic E-state index is 0. The third-order valence-corrected chi connectivity index (χ3v) is 0. The maximum absolute atomic E-state index is 0. The van der Waals surface area contributed by atoms with E-state index in [4.69, 9.17) is 0 Å². The van der Waals surface area contributed by atoms with E-state index in [0.717, 1.165) is 0 Å². The quantitative estimate of drug-likeness (QED) is 0.460. The Morgan fingerprint density at radius 3 is 1.20 bits per heavy atom. The van der Waals surface area contributed by atoms with Crippen LogP contribution in [0.2, 0.25) is 0 Å². The summed E-state index contributed by atoms with van der Waals surface area (Å²) in [6.07, 6.45) is 0. The zero-order valence-electron chi connectivity index (χ0n) is 4.42. The Hall–Kier alpha value is 2.79. The normalized spacial score (nSPS) is 0. The van der Waals surface area contributed by atoms with Crippen molar-refractivity contribution < 1.29 is 42.5 Å². The van der Waals surface area contributed by atoms with Crippen molar-refractivity contribution in [2.75, 3.05) is 0 Å². The number of hydrogen-bond donors (Lipinski definition) is 0. The van der Waals surface area contributed by atoms with Crippen molar-refractivity contribution >= 4 is 55.1 Å². The summed E-state index contributed by atoms with van der Waals surface area (Å²) in [5, 5.41) is 0. The second kappa shape index (κ2) is 29.2. The molecule has 0 aliphatic heterocycles. The SMILES string of the molecule is [Al].[Ca+2].[Fe].[H-].[H-].[Mn+2].[O-2]. The minimum Gasteiger partial charge on any atom is -2.00 e. The topological polar surface area (TPSA) is 28.5 Å². The molecule has 5 heteroatoms. The van der Waals surface area contributed by atoms with Crippen LogP contribution in [-0.2, 0) is 39.6 Å². The van der Waals surface area contributed by atoms with E-state index in [0.29, 0.717) is 0 Å². The second-order valence-corrected chi connectivity index (χ2v) is 0. The van der Waals surface area contributed by atoms with Gasteiger partial charge in [-0.15, -0.1) is 0 Å². The molecule has 0 aliphatic rings. The van der Waals surface area contributed by atoms with Crippen LogP contribution in [0.25, 0.3) is 0 Å². The summed E-state index contributed by atoms with van der Waals surface area (Å²) in [5.41, 5.74) is 0. The van der Waals surface area contributed by atoms with E-state index in [-0.39, 0.29) is 97.6 Å². The fourth-order valence-electron chi connectivity index (χ4n) is 0. The van der Waals surface area contributed by atoms with Gasteiger partial charge >= 0.3 is 54.8 Å². The second-order valence-electron chi connectivity index (χ2n) is 0. The van der Waals surface area contributed by atoms with Gasteiger partial charge in [-0.25, -0.2) is 0 Å². The van der Waals surface area contributed by atoms with Gasteiger partial charge in [-0.1, -0.05) is 0 Å². The maximum atomic E-state index is 0. The van der Waals surface area contributed by atoms with E-state index in [1.807, 2.05) is 0 Å². The predicted octanol–water partition coefficient (Wildman–Crippen LogP) is -0.660. The van der Waals surface area contributed by atoms with Gasteiger partial charge in [0.2, 0.25) is 0 Å². The van der Waals surface area contributed by atoms with Crippen LogP contribution in [0.3, 0.4) is 0 Å². The molecular weight excluding hydrogens is 194 g/mol. The molecule has 0 atom stereocenters. The third kappa shape index (κ3) is 20.0. The largest absolute Gasteiger partial charge is 2.00 e. The van der Waals surface area contributed by atoms with Gasteiger partial charge in [0, 0.05) is 34.4 Å². The van der Waals surface area contributed by atoms with Crippen LogP contribution in [0, 0.1) is 0 Å². The van der Waals surface area contributed by atoms with E-state index >= 15 is 0 Å². The molecule has 28 valence electrons. The molecule has 0 heterocycles. The average Bonchev–Trinajstić information content (AvgIpc) is 0. The van der Waals surface area contributed by atoms with Crippen molar-refractivity contribution in [3.8, 4) is 0 Å². The van der Waals surface area contributed by atoms with Gasteiger partial charge in [-0.3, -0.25) is 0 Å². The molecule has 0 aliphatic carbocycles. The molecule has 0 fully saturated rings. The van der Waals surface area contributed by atoms with E-state index in [1.54, 1.807) is 0 Å². The zero-order chi connectivity index (χ0) is 0. The Bertz CT molecular complexity index is 17.7. The molecule has 0 N–H and O–H groups in total. The molecule has 1 nitrogen and oxygen atoms in total. The third-order valence-electron chi connectivity index (χ3n) is 0. The van der Waals surface area contributed by atoms with E-state index < -0.39 is 0 Å². The minimum absolute atomic E-state index is 0. The summed E-state index contributed by atoms with van der Waals surface area (Å²) < 4.78 is 0. The first-order chi connectivity index (χ1) is 0. The number of rotatable bonds is 0. The van der Waals surface area contributed by atoms with Crippen LogP contribution >= 0.6 is 0 Å². The van der Waals surface area contributed by atoms with Crippen LogP contribution < -0.4 is 0 Å². The van der Waals surface area contributed by atoms with Crippen molar-refractivity contribution in [2.24, 2.45) is 0 Å². The van der Waals surface area contributed by atoms with E-state index in [2.05, 4.69) is 0 Å². The molecule has 0 aromatic carbocycles. The first-order valence-corrected chi connectivity index (χ1v) is 0. The van der Waals surface area contributed by atoms with Gasteiger partial charge in [-0.2, -0.15) is 0 Å². The van der Waals surface area contributed by atoms with E-state index in [9.17, 15) is 0 Å². The van der Waals surface area contributed by atoms with Gasteiger partial charge in [-0.05, 0) is 0 Å². The van der Waals surface area contributed by atoms with Gasteiger partial charge in [0.15, 0.2) is 0 Å². The predicted molar refractivity (Wildman–Crippen MR) is 14.4 cm³/mol. The van der Waals surface area contributed by atoms with Crippen LogP contribution in [0.1, 0.15) is 2.85 Å². The van der Waals surface area contributed by atoms with Crippen molar-refractivity contribution in [1.29, 1.82) is 0 Å². The Balaban J connectivity index is 0. The first-order valence-electron chi connectivity index (χ1n) is 0. The first kappa shape index (κ1) is 46.1. The summed E-state index contributed by atoms with van der Waals surface area (Å²) in [6, 6.07) is 0. The number of hydrogen-bond acceptors (Lipinski definition) is 0. The standard InChI is InChI=1S/Al.Ca.Fe.Mn.O.2H/q;+2;;+2;-2;2*-1. The molecule has 0 unspecified atom stereocenters. The Labute approximate surface area is 96.0 Å². The summed E-state index contributed by atoms with van der Waals surface area (Å²) in [4.78, 5) is 0. The fraction of sp³-hybridized carbons (Fsp3) is 0. The summed E-state index contributed by atoms with van der Waals surface area (Å²) in [6.45, 7) is 0. The molecule has 0 aromatic rings. The molecule has 0 saturated heterocycles. The fourth-order valence-corrected chi connectivity index (χ4v) is 0. The van der Waals surface area contributed by atoms with Crippen molar-refractivity contribution in [1.82, 2.24) is 0 Å². The monoisotopic (exact) mass is 196 g/mol. The Morgan fingerprint density at radius 1 is 1.20 bits per heavy atom.